The van der Waals surface area contributed by atoms with Gasteiger partial charge in [-0.1, -0.05) is 12.1 Å². The van der Waals surface area contributed by atoms with Crippen LogP contribution < -0.4 is 19.9 Å². The molecule has 0 amide bonds. The summed E-state index contributed by atoms with van der Waals surface area (Å²) in [5.41, 5.74) is 6.73. The Bertz CT molecular complexity index is 540. The molecule has 0 spiro atoms. The zero-order valence-corrected chi connectivity index (χ0v) is 12.2. The van der Waals surface area contributed by atoms with Crippen molar-refractivity contribution in [3.8, 4) is 17.2 Å². The van der Waals surface area contributed by atoms with Crippen molar-refractivity contribution >= 4 is 0 Å². The summed E-state index contributed by atoms with van der Waals surface area (Å²) in [6.07, 6.45) is 0.861. The Morgan fingerprint density at radius 2 is 1.52 bits per heavy atom. The molecule has 0 unspecified atom stereocenters. The predicted octanol–water partition coefficient (Wildman–Crippen LogP) is 2.65. The maximum atomic E-state index is 5.67. The second-order valence-corrected chi connectivity index (χ2v) is 4.56. The molecule has 2 N–H and O–H groups in total. The first-order valence-corrected chi connectivity index (χ1v) is 7.00. The van der Waals surface area contributed by atoms with E-state index in [1.807, 2.05) is 48.5 Å². The zero-order chi connectivity index (χ0) is 14.9. The summed E-state index contributed by atoms with van der Waals surface area (Å²) in [6, 6.07) is 15.5. The highest BCUT2D eigenvalue weighted by atomic mass is 16.5. The summed E-state index contributed by atoms with van der Waals surface area (Å²) in [6.45, 7) is 1.63. The van der Waals surface area contributed by atoms with Crippen LogP contribution in [0.4, 0.5) is 0 Å². The van der Waals surface area contributed by atoms with Crippen LogP contribution in [0.3, 0.4) is 0 Å². The number of ether oxygens (including phenoxy) is 3. The van der Waals surface area contributed by atoms with E-state index in [0.717, 1.165) is 23.7 Å². The topological polar surface area (TPSA) is 53.7 Å². The third-order valence-electron chi connectivity index (χ3n) is 3.01. The fourth-order valence-corrected chi connectivity index (χ4v) is 1.95. The van der Waals surface area contributed by atoms with E-state index in [4.69, 9.17) is 19.9 Å². The lowest BCUT2D eigenvalue weighted by Gasteiger charge is -2.09. The van der Waals surface area contributed by atoms with Gasteiger partial charge in [-0.2, -0.15) is 0 Å². The molecule has 4 nitrogen and oxygen atoms in total. The Morgan fingerprint density at radius 1 is 0.857 bits per heavy atom. The fourth-order valence-electron chi connectivity index (χ4n) is 1.95. The number of nitrogens with two attached hydrogens (primary N) is 1. The molecule has 0 atom stereocenters. The molecule has 2 aromatic rings. The molecule has 21 heavy (non-hydrogen) atoms. The lowest BCUT2D eigenvalue weighted by atomic mass is 10.1. The van der Waals surface area contributed by atoms with Crippen LogP contribution in [0.15, 0.2) is 48.5 Å². The number of methoxy groups -OCH3 is 1. The van der Waals surface area contributed by atoms with Crippen LogP contribution in [0.25, 0.3) is 0 Å². The molecule has 2 aromatic carbocycles. The Kier molecular flexibility index (Phi) is 5.91. The molecule has 0 radical (unpaired) electrons. The van der Waals surface area contributed by atoms with E-state index in [2.05, 4.69) is 0 Å². The summed E-state index contributed by atoms with van der Waals surface area (Å²) >= 11 is 0. The smallest absolute Gasteiger partial charge is 0.122 e. The summed E-state index contributed by atoms with van der Waals surface area (Å²) in [7, 11) is 1.64. The summed E-state index contributed by atoms with van der Waals surface area (Å²) in [4.78, 5) is 0. The number of hydrogen-bond acceptors (Lipinski definition) is 4. The monoisotopic (exact) mass is 287 g/mol. The van der Waals surface area contributed by atoms with Crippen molar-refractivity contribution in [2.45, 2.75) is 6.42 Å². The lowest BCUT2D eigenvalue weighted by Crippen LogP contribution is -2.09. The molecule has 0 aliphatic carbocycles. The van der Waals surface area contributed by atoms with Gasteiger partial charge in [-0.3, -0.25) is 0 Å². The quantitative estimate of drug-likeness (QED) is 0.758. The number of benzene rings is 2. The van der Waals surface area contributed by atoms with E-state index in [1.165, 1.54) is 5.56 Å². The lowest BCUT2D eigenvalue weighted by molar-refractivity contribution is 0.217. The molecule has 112 valence electrons. The molecule has 4 heteroatoms. The van der Waals surface area contributed by atoms with Gasteiger partial charge in [-0.05, 0) is 54.9 Å². The van der Waals surface area contributed by atoms with Gasteiger partial charge in [0.15, 0.2) is 0 Å². The molecule has 0 saturated carbocycles. The van der Waals surface area contributed by atoms with E-state index in [0.29, 0.717) is 19.8 Å². The minimum Gasteiger partial charge on any atom is -0.497 e. The molecule has 0 aromatic heterocycles. The van der Waals surface area contributed by atoms with Gasteiger partial charge in [0.05, 0.1) is 7.11 Å². The molecule has 0 aliphatic heterocycles. The minimum absolute atomic E-state index is 0.493. The van der Waals surface area contributed by atoms with E-state index in [-0.39, 0.29) is 0 Å². The highest BCUT2D eigenvalue weighted by Gasteiger charge is 1.98. The van der Waals surface area contributed by atoms with Crippen LogP contribution in [0.1, 0.15) is 5.56 Å². The van der Waals surface area contributed by atoms with Gasteiger partial charge in [0.2, 0.25) is 0 Å². The first-order chi connectivity index (χ1) is 10.3. The van der Waals surface area contributed by atoms with E-state index >= 15 is 0 Å². The highest BCUT2D eigenvalue weighted by molar-refractivity contribution is 5.31. The standard InChI is InChI=1S/C17H21NO3/c1-19-15-5-7-16(8-6-15)20-11-12-21-17-4-2-3-14(13-17)9-10-18/h2-8,13H,9-12,18H2,1H3. The molecule has 0 bridgehead atoms. The van der Waals surface area contributed by atoms with Crippen LogP contribution in [0, 0.1) is 0 Å². The minimum atomic E-state index is 0.493. The maximum absolute atomic E-state index is 5.67. The van der Waals surface area contributed by atoms with E-state index in [1.54, 1.807) is 7.11 Å². The molecule has 0 aliphatic rings. The number of hydrogen-bond donors (Lipinski definition) is 1. The SMILES string of the molecule is COc1ccc(OCCOc2cccc(CCN)c2)cc1. The van der Waals surface area contributed by atoms with Gasteiger partial charge in [0.25, 0.3) is 0 Å². The Hall–Kier alpha value is -2.20. The van der Waals surface area contributed by atoms with Crippen molar-refractivity contribution < 1.29 is 14.2 Å². The Labute approximate surface area is 125 Å². The second kappa shape index (κ2) is 8.17. The average Bonchev–Trinajstić information content (AvgIpc) is 2.53. The van der Waals surface area contributed by atoms with Crippen molar-refractivity contribution in [1.82, 2.24) is 0 Å². The van der Waals surface area contributed by atoms with Crippen molar-refractivity contribution in [3.63, 3.8) is 0 Å². The third kappa shape index (κ3) is 5.00. The number of rotatable bonds is 8. The van der Waals surface area contributed by atoms with E-state index < -0.39 is 0 Å². The summed E-state index contributed by atoms with van der Waals surface area (Å²) in [5.74, 6) is 2.46. The predicted molar refractivity (Wildman–Crippen MR) is 83.2 cm³/mol. The van der Waals surface area contributed by atoms with Crippen molar-refractivity contribution in [2.75, 3.05) is 26.9 Å². The molecule has 0 fully saturated rings. The van der Waals surface area contributed by atoms with Crippen LogP contribution in [0.2, 0.25) is 0 Å². The Balaban J connectivity index is 1.74. The summed E-state index contributed by atoms with van der Waals surface area (Å²) in [5, 5.41) is 0. The van der Waals surface area contributed by atoms with Crippen LogP contribution >= 0.6 is 0 Å². The molecule has 0 heterocycles. The second-order valence-electron chi connectivity index (χ2n) is 4.56. The van der Waals surface area contributed by atoms with E-state index in [9.17, 15) is 0 Å². The van der Waals surface area contributed by atoms with Gasteiger partial charge in [0.1, 0.15) is 30.5 Å². The van der Waals surface area contributed by atoms with Crippen LogP contribution in [-0.4, -0.2) is 26.9 Å². The Morgan fingerprint density at radius 3 is 2.19 bits per heavy atom. The van der Waals surface area contributed by atoms with Crippen molar-refractivity contribution in [1.29, 1.82) is 0 Å². The van der Waals surface area contributed by atoms with Crippen molar-refractivity contribution in [2.24, 2.45) is 5.73 Å². The molecule has 2 rings (SSSR count). The van der Waals surface area contributed by atoms with Gasteiger partial charge in [-0.25, -0.2) is 0 Å². The van der Waals surface area contributed by atoms with Crippen LogP contribution in [0.5, 0.6) is 17.2 Å². The molecular formula is C17H21NO3. The van der Waals surface area contributed by atoms with Gasteiger partial charge >= 0.3 is 0 Å². The molecule has 0 saturated heterocycles. The summed E-state index contributed by atoms with van der Waals surface area (Å²) < 4.78 is 16.4. The third-order valence-corrected chi connectivity index (χ3v) is 3.01. The average molecular weight is 287 g/mol. The first kappa shape index (κ1) is 15.2. The maximum Gasteiger partial charge on any atom is 0.122 e. The largest absolute Gasteiger partial charge is 0.497 e. The van der Waals surface area contributed by atoms with Gasteiger partial charge in [-0.15, -0.1) is 0 Å². The normalized spacial score (nSPS) is 10.2. The molecular weight excluding hydrogens is 266 g/mol. The zero-order valence-electron chi connectivity index (χ0n) is 12.2. The van der Waals surface area contributed by atoms with Gasteiger partial charge in [0, 0.05) is 0 Å². The van der Waals surface area contributed by atoms with Crippen LogP contribution in [-0.2, 0) is 6.42 Å². The van der Waals surface area contributed by atoms with Gasteiger partial charge < -0.3 is 19.9 Å². The fraction of sp³-hybridized carbons (Fsp3) is 0.294. The highest BCUT2D eigenvalue weighted by Crippen LogP contribution is 2.17. The van der Waals surface area contributed by atoms with Crippen molar-refractivity contribution in [3.05, 3.63) is 54.1 Å². The first-order valence-electron chi connectivity index (χ1n) is 7.00.